The van der Waals surface area contributed by atoms with Crippen LogP contribution in [0.3, 0.4) is 0 Å². The van der Waals surface area contributed by atoms with E-state index in [4.69, 9.17) is 10.8 Å². The molecular weight excluding hydrogens is 311 g/mol. The Kier molecular flexibility index (Phi) is 4.39. The van der Waals surface area contributed by atoms with Gasteiger partial charge in [0.1, 0.15) is 5.78 Å². The minimum Gasteiger partial charge on any atom is -0.479 e. The molecule has 2 rings (SSSR count). The molecule has 8 nitrogen and oxygen atoms in total. The third kappa shape index (κ3) is 3.05. The Balaban J connectivity index is 2.30. The molecule has 1 saturated heterocycles. The number of hydrogen-bond acceptors (Lipinski definition) is 4. The molecule has 1 amide bonds. The first-order chi connectivity index (χ1) is 10.2. The van der Waals surface area contributed by atoms with Crippen LogP contribution in [0.25, 0.3) is 0 Å². The number of carboxylic acid groups (broad SMARTS) is 1. The zero-order valence-electron chi connectivity index (χ0n) is 11.6. The fourth-order valence-electron chi connectivity index (χ4n) is 2.48. The van der Waals surface area contributed by atoms with Crippen LogP contribution in [0.2, 0.25) is 0 Å². The van der Waals surface area contributed by atoms with Crippen LogP contribution in [0.4, 0.5) is 0 Å². The van der Waals surface area contributed by atoms with Gasteiger partial charge in [-0.05, 0) is 5.56 Å². The van der Waals surface area contributed by atoms with E-state index in [-0.39, 0.29) is 19.4 Å². The van der Waals surface area contributed by atoms with Crippen molar-refractivity contribution in [2.75, 3.05) is 6.54 Å². The van der Waals surface area contributed by atoms with Gasteiger partial charge in [-0.15, -0.1) is 0 Å². The molecule has 0 spiro atoms. The number of aliphatic carboxylic acids is 1. The lowest BCUT2D eigenvalue weighted by Gasteiger charge is -2.29. The van der Waals surface area contributed by atoms with Crippen molar-refractivity contribution in [2.24, 2.45) is 5.73 Å². The highest BCUT2D eigenvalue weighted by Crippen LogP contribution is 2.46. The minimum atomic E-state index is -4.66. The summed E-state index contributed by atoms with van der Waals surface area (Å²) in [5.41, 5.74) is 4.08. The standard InChI is InChI=1S/C13H17N2O6P/c14-13(12(17)18)6-7-15(11(13)16)10(22(19,20)21)8-9-4-2-1-3-5-9/h1-5,10H,6-8,14H2,(H,17,18)(H2,19,20,21). The van der Waals surface area contributed by atoms with Gasteiger partial charge in [-0.2, -0.15) is 0 Å². The van der Waals surface area contributed by atoms with E-state index in [0.29, 0.717) is 5.56 Å². The van der Waals surface area contributed by atoms with Crippen molar-refractivity contribution in [1.82, 2.24) is 4.90 Å². The topological polar surface area (TPSA) is 141 Å². The first kappa shape index (κ1) is 16.6. The van der Waals surface area contributed by atoms with Gasteiger partial charge in [-0.1, -0.05) is 30.3 Å². The highest BCUT2D eigenvalue weighted by Gasteiger charge is 2.54. The molecule has 1 fully saturated rings. The van der Waals surface area contributed by atoms with E-state index < -0.39 is 30.8 Å². The summed E-state index contributed by atoms with van der Waals surface area (Å²) < 4.78 is 11.8. The largest absolute Gasteiger partial charge is 0.479 e. The predicted molar refractivity (Wildman–Crippen MR) is 76.9 cm³/mol. The number of carbonyl (C=O) groups is 2. The Morgan fingerprint density at radius 1 is 1.36 bits per heavy atom. The number of carboxylic acids is 1. The average Bonchev–Trinajstić information content (AvgIpc) is 2.74. The van der Waals surface area contributed by atoms with Crippen molar-refractivity contribution < 1.29 is 29.0 Å². The molecular formula is C13H17N2O6P. The molecule has 0 bridgehead atoms. The fourth-order valence-corrected chi connectivity index (χ4v) is 3.51. The highest BCUT2D eigenvalue weighted by atomic mass is 31.2. The van der Waals surface area contributed by atoms with Crippen LogP contribution >= 0.6 is 7.60 Å². The zero-order chi connectivity index (χ0) is 16.5. The van der Waals surface area contributed by atoms with Crippen LogP contribution in [0.1, 0.15) is 12.0 Å². The second-order valence-corrected chi connectivity index (χ2v) is 7.06. The first-order valence-electron chi connectivity index (χ1n) is 6.59. The maximum absolute atomic E-state index is 12.2. The number of amides is 1. The molecule has 0 aliphatic carbocycles. The van der Waals surface area contributed by atoms with Crippen LogP contribution in [0, 0.1) is 0 Å². The molecule has 9 heteroatoms. The van der Waals surface area contributed by atoms with Crippen LogP contribution in [-0.4, -0.2) is 49.5 Å². The van der Waals surface area contributed by atoms with E-state index in [1.54, 1.807) is 30.3 Å². The number of rotatable bonds is 5. The summed E-state index contributed by atoms with van der Waals surface area (Å²) in [6.45, 7) is -0.107. The minimum absolute atomic E-state index is 0.0768. The second-order valence-electron chi connectivity index (χ2n) is 5.28. The smallest absolute Gasteiger partial charge is 0.348 e. The van der Waals surface area contributed by atoms with E-state index in [1.807, 2.05) is 0 Å². The molecule has 1 aliphatic rings. The van der Waals surface area contributed by atoms with Gasteiger partial charge in [0, 0.05) is 19.4 Å². The Bertz CT molecular complexity index is 631. The molecule has 120 valence electrons. The van der Waals surface area contributed by atoms with Crippen LogP contribution < -0.4 is 5.73 Å². The van der Waals surface area contributed by atoms with E-state index in [9.17, 15) is 23.9 Å². The second kappa shape index (κ2) is 5.81. The molecule has 0 saturated carbocycles. The molecule has 1 heterocycles. The average molecular weight is 328 g/mol. The SMILES string of the molecule is NC1(C(=O)O)CCN(C(Cc2ccccc2)P(=O)(O)O)C1=O. The maximum atomic E-state index is 12.2. The van der Waals surface area contributed by atoms with Crippen molar-refractivity contribution in [3.63, 3.8) is 0 Å². The first-order valence-corrected chi connectivity index (χ1v) is 8.27. The fraction of sp³-hybridized carbons (Fsp3) is 0.385. The van der Waals surface area contributed by atoms with E-state index in [1.165, 1.54) is 0 Å². The predicted octanol–water partition coefficient (Wildman–Crippen LogP) is -0.253. The Morgan fingerprint density at radius 3 is 2.41 bits per heavy atom. The molecule has 22 heavy (non-hydrogen) atoms. The number of benzene rings is 1. The van der Waals surface area contributed by atoms with Gasteiger partial charge in [-0.25, -0.2) is 4.79 Å². The van der Waals surface area contributed by atoms with E-state index >= 15 is 0 Å². The van der Waals surface area contributed by atoms with Gasteiger partial charge in [0.2, 0.25) is 0 Å². The Morgan fingerprint density at radius 2 is 1.95 bits per heavy atom. The summed E-state index contributed by atoms with van der Waals surface area (Å²) in [6.07, 6.45) is -0.265. The summed E-state index contributed by atoms with van der Waals surface area (Å²) in [4.78, 5) is 43.4. The Labute approximate surface area is 126 Å². The summed E-state index contributed by atoms with van der Waals surface area (Å²) in [5.74, 6) is -3.89. The number of nitrogens with two attached hydrogens (primary N) is 1. The van der Waals surface area contributed by atoms with Crippen LogP contribution in [-0.2, 0) is 20.6 Å². The van der Waals surface area contributed by atoms with Gasteiger partial charge in [0.15, 0.2) is 5.54 Å². The molecule has 1 aliphatic heterocycles. The van der Waals surface area contributed by atoms with E-state index in [2.05, 4.69) is 0 Å². The number of carbonyl (C=O) groups excluding carboxylic acids is 1. The van der Waals surface area contributed by atoms with Crippen molar-refractivity contribution in [3.8, 4) is 0 Å². The lowest BCUT2D eigenvalue weighted by Crippen LogP contribution is -2.55. The summed E-state index contributed by atoms with van der Waals surface area (Å²) in [7, 11) is -4.66. The number of hydrogen-bond donors (Lipinski definition) is 4. The third-order valence-corrected chi connectivity index (χ3v) is 5.02. The molecule has 0 radical (unpaired) electrons. The molecule has 1 aromatic rings. The number of likely N-dealkylation sites (tertiary alicyclic amines) is 1. The highest BCUT2D eigenvalue weighted by molar-refractivity contribution is 7.52. The monoisotopic (exact) mass is 328 g/mol. The lowest BCUT2D eigenvalue weighted by atomic mass is 10.00. The van der Waals surface area contributed by atoms with Crippen molar-refractivity contribution in [3.05, 3.63) is 35.9 Å². The van der Waals surface area contributed by atoms with Crippen molar-refractivity contribution >= 4 is 19.5 Å². The normalized spacial score (nSPS) is 23.6. The summed E-state index contributed by atoms with van der Waals surface area (Å²) in [5, 5.41) is 9.07. The van der Waals surface area contributed by atoms with Gasteiger partial charge >= 0.3 is 13.6 Å². The van der Waals surface area contributed by atoms with Gasteiger partial charge < -0.3 is 25.5 Å². The molecule has 2 unspecified atom stereocenters. The Hall–Kier alpha value is -1.73. The molecule has 0 aromatic heterocycles. The van der Waals surface area contributed by atoms with Crippen LogP contribution in [0.15, 0.2) is 30.3 Å². The quantitative estimate of drug-likeness (QED) is 0.431. The summed E-state index contributed by atoms with van der Waals surface area (Å²) >= 11 is 0. The van der Waals surface area contributed by atoms with Crippen LogP contribution in [0.5, 0.6) is 0 Å². The van der Waals surface area contributed by atoms with E-state index in [0.717, 1.165) is 4.90 Å². The van der Waals surface area contributed by atoms with Crippen molar-refractivity contribution in [2.45, 2.75) is 24.2 Å². The molecule has 1 aromatic carbocycles. The number of nitrogens with zero attached hydrogens (tertiary/aromatic N) is 1. The van der Waals surface area contributed by atoms with Gasteiger partial charge in [-0.3, -0.25) is 9.36 Å². The van der Waals surface area contributed by atoms with Crippen molar-refractivity contribution in [1.29, 1.82) is 0 Å². The molecule has 2 atom stereocenters. The lowest BCUT2D eigenvalue weighted by molar-refractivity contribution is -0.149. The third-order valence-electron chi connectivity index (χ3n) is 3.78. The maximum Gasteiger partial charge on any atom is 0.348 e. The zero-order valence-corrected chi connectivity index (χ0v) is 12.5. The molecule has 5 N–H and O–H groups in total. The van der Waals surface area contributed by atoms with Gasteiger partial charge in [0.25, 0.3) is 5.91 Å². The van der Waals surface area contributed by atoms with Gasteiger partial charge in [0.05, 0.1) is 0 Å². The summed E-state index contributed by atoms with van der Waals surface area (Å²) in [6, 6.07) is 8.53.